The number of rotatable bonds is 5. The molecule has 0 radical (unpaired) electrons. The second-order valence-corrected chi connectivity index (χ2v) is 6.95. The second-order valence-electron chi connectivity index (χ2n) is 6.95. The third-order valence-corrected chi connectivity index (χ3v) is 5.12. The van der Waals surface area contributed by atoms with Gasteiger partial charge >= 0.3 is 0 Å². The summed E-state index contributed by atoms with van der Waals surface area (Å²) in [7, 11) is 0. The molecule has 4 nitrogen and oxygen atoms in total. The lowest BCUT2D eigenvalue weighted by Gasteiger charge is -2.25. The number of nitrogens with zero attached hydrogens (tertiary/aromatic N) is 1. The van der Waals surface area contributed by atoms with E-state index in [2.05, 4.69) is 47.9 Å². The normalized spacial score (nSPS) is 25.6. The van der Waals surface area contributed by atoms with E-state index < -0.39 is 0 Å². The molecule has 0 bridgehead atoms. The van der Waals surface area contributed by atoms with Gasteiger partial charge < -0.3 is 15.4 Å². The Balaban J connectivity index is 1.60. The first-order valence-corrected chi connectivity index (χ1v) is 9.58. The Hall–Kier alpha value is -1.55. The number of hydrogen-bond donors (Lipinski definition) is 2. The molecule has 24 heavy (non-hydrogen) atoms. The summed E-state index contributed by atoms with van der Waals surface area (Å²) in [6.45, 7) is 4.69. The Bertz CT molecular complexity index is 511. The number of hydrogen-bond acceptors (Lipinski definition) is 2. The van der Waals surface area contributed by atoms with Gasteiger partial charge in [0.05, 0.1) is 6.10 Å². The first-order chi connectivity index (χ1) is 11.9. The molecule has 0 amide bonds. The van der Waals surface area contributed by atoms with E-state index in [4.69, 9.17) is 9.73 Å². The van der Waals surface area contributed by atoms with Crippen molar-refractivity contribution in [1.82, 2.24) is 10.6 Å². The maximum Gasteiger partial charge on any atom is 0.191 e. The molecular formula is C20H31N3O. The highest BCUT2D eigenvalue weighted by Crippen LogP contribution is 2.34. The Morgan fingerprint density at radius 1 is 1.12 bits per heavy atom. The quantitative estimate of drug-likeness (QED) is 0.640. The molecule has 1 aliphatic heterocycles. The molecule has 1 aromatic rings. The zero-order chi connectivity index (χ0) is 16.6. The van der Waals surface area contributed by atoms with Gasteiger partial charge in [0.15, 0.2) is 5.96 Å². The first-order valence-electron chi connectivity index (χ1n) is 9.58. The van der Waals surface area contributed by atoms with Crippen molar-refractivity contribution in [1.29, 1.82) is 0 Å². The van der Waals surface area contributed by atoms with E-state index >= 15 is 0 Å². The molecule has 1 saturated heterocycles. The van der Waals surface area contributed by atoms with Crippen molar-refractivity contribution in [3.63, 3.8) is 0 Å². The van der Waals surface area contributed by atoms with Crippen molar-refractivity contribution >= 4 is 5.96 Å². The summed E-state index contributed by atoms with van der Waals surface area (Å²) in [6, 6.07) is 11.2. The zero-order valence-electron chi connectivity index (χ0n) is 14.8. The molecule has 2 fully saturated rings. The molecular weight excluding hydrogens is 298 g/mol. The van der Waals surface area contributed by atoms with Crippen LogP contribution in [-0.2, 0) is 4.74 Å². The Labute approximate surface area is 146 Å². The Morgan fingerprint density at radius 2 is 1.92 bits per heavy atom. The summed E-state index contributed by atoms with van der Waals surface area (Å²) in [5, 5.41) is 7.04. The van der Waals surface area contributed by atoms with Gasteiger partial charge in [-0.2, -0.15) is 0 Å². The summed E-state index contributed by atoms with van der Waals surface area (Å²) in [6.07, 6.45) is 7.86. The Morgan fingerprint density at radius 3 is 2.67 bits per heavy atom. The molecule has 1 saturated carbocycles. The van der Waals surface area contributed by atoms with E-state index in [1.807, 2.05) is 0 Å². The molecule has 132 valence electrons. The van der Waals surface area contributed by atoms with Gasteiger partial charge in [0.1, 0.15) is 0 Å². The average molecular weight is 329 g/mol. The first kappa shape index (κ1) is 17.3. The zero-order valence-corrected chi connectivity index (χ0v) is 14.8. The fourth-order valence-electron chi connectivity index (χ4n) is 3.80. The van der Waals surface area contributed by atoms with Crippen LogP contribution in [0.3, 0.4) is 0 Å². The van der Waals surface area contributed by atoms with Crippen LogP contribution in [0.15, 0.2) is 35.3 Å². The van der Waals surface area contributed by atoms with Crippen LogP contribution in [0.25, 0.3) is 0 Å². The van der Waals surface area contributed by atoms with Gasteiger partial charge in [-0.3, -0.25) is 4.99 Å². The minimum Gasteiger partial charge on any atom is -0.373 e. The van der Waals surface area contributed by atoms with Gasteiger partial charge in [0, 0.05) is 31.7 Å². The van der Waals surface area contributed by atoms with Crippen LogP contribution in [0.2, 0.25) is 0 Å². The minimum absolute atomic E-state index is 0.188. The van der Waals surface area contributed by atoms with Crippen molar-refractivity contribution < 1.29 is 4.74 Å². The molecule has 1 heterocycles. The van der Waals surface area contributed by atoms with Crippen LogP contribution < -0.4 is 10.6 Å². The highest BCUT2D eigenvalue weighted by Gasteiger charge is 2.29. The van der Waals surface area contributed by atoms with E-state index in [1.165, 1.54) is 37.7 Å². The molecule has 0 aromatic heterocycles. The van der Waals surface area contributed by atoms with E-state index in [9.17, 15) is 0 Å². The minimum atomic E-state index is 0.188. The molecule has 2 unspecified atom stereocenters. The van der Waals surface area contributed by atoms with Gasteiger partial charge in [0.25, 0.3) is 0 Å². The Kier molecular flexibility index (Phi) is 6.53. The van der Waals surface area contributed by atoms with Crippen LogP contribution in [-0.4, -0.2) is 31.7 Å². The van der Waals surface area contributed by atoms with Crippen molar-refractivity contribution in [2.24, 2.45) is 10.9 Å². The number of aliphatic imine (C=N–C) groups is 1. The van der Waals surface area contributed by atoms with Gasteiger partial charge in [-0.15, -0.1) is 0 Å². The van der Waals surface area contributed by atoms with Gasteiger partial charge in [-0.05, 0) is 31.7 Å². The standard InChI is InChI=1S/C20H31N3O/c1-2-21-20(23-18-11-7-4-8-12-18)22-15-17-13-14-24-19(17)16-9-5-3-6-10-16/h3,5-6,9-10,17-19H,2,4,7-8,11-15H2,1H3,(H2,21,22,23). The summed E-state index contributed by atoms with van der Waals surface area (Å²) < 4.78 is 5.98. The van der Waals surface area contributed by atoms with Crippen molar-refractivity contribution in [3.8, 4) is 0 Å². The van der Waals surface area contributed by atoms with Crippen LogP contribution in [0, 0.1) is 5.92 Å². The smallest absolute Gasteiger partial charge is 0.191 e. The fourth-order valence-corrected chi connectivity index (χ4v) is 3.80. The van der Waals surface area contributed by atoms with Crippen LogP contribution in [0.5, 0.6) is 0 Å². The number of benzene rings is 1. The summed E-state index contributed by atoms with van der Waals surface area (Å²) in [5.41, 5.74) is 1.28. The third-order valence-electron chi connectivity index (χ3n) is 5.12. The van der Waals surface area contributed by atoms with Gasteiger partial charge in [-0.25, -0.2) is 0 Å². The molecule has 0 spiro atoms. The molecule has 2 aliphatic rings. The molecule has 3 rings (SSSR count). The maximum atomic E-state index is 5.98. The summed E-state index contributed by atoms with van der Waals surface area (Å²) >= 11 is 0. The molecule has 2 atom stereocenters. The largest absolute Gasteiger partial charge is 0.373 e. The monoisotopic (exact) mass is 329 g/mol. The topological polar surface area (TPSA) is 45.7 Å². The lowest BCUT2D eigenvalue weighted by molar-refractivity contribution is 0.0925. The second kappa shape index (κ2) is 9.07. The lowest BCUT2D eigenvalue weighted by atomic mass is 9.95. The average Bonchev–Trinajstić information content (AvgIpc) is 3.10. The van der Waals surface area contributed by atoms with Crippen LogP contribution in [0.1, 0.15) is 57.1 Å². The number of nitrogens with one attached hydrogen (secondary N) is 2. The van der Waals surface area contributed by atoms with Gasteiger partial charge in [-0.1, -0.05) is 49.6 Å². The van der Waals surface area contributed by atoms with E-state index in [0.29, 0.717) is 12.0 Å². The van der Waals surface area contributed by atoms with E-state index in [0.717, 1.165) is 32.1 Å². The number of ether oxygens (including phenoxy) is 1. The van der Waals surface area contributed by atoms with E-state index in [1.54, 1.807) is 0 Å². The highest BCUT2D eigenvalue weighted by atomic mass is 16.5. The number of guanidine groups is 1. The summed E-state index contributed by atoms with van der Waals surface area (Å²) in [4.78, 5) is 4.88. The molecule has 4 heteroatoms. The fraction of sp³-hybridized carbons (Fsp3) is 0.650. The van der Waals surface area contributed by atoms with Crippen molar-refractivity contribution in [2.45, 2.75) is 57.6 Å². The highest BCUT2D eigenvalue weighted by molar-refractivity contribution is 5.80. The SMILES string of the molecule is CCNC(=NCC1CCOC1c1ccccc1)NC1CCCCC1. The predicted molar refractivity (Wildman–Crippen MR) is 99.2 cm³/mol. The van der Waals surface area contributed by atoms with Crippen LogP contribution in [0.4, 0.5) is 0 Å². The lowest BCUT2D eigenvalue weighted by Crippen LogP contribution is -2.44. The van der Waals surface area contributed by atoms with Gasteiger partial charge in [0.2, 0.25) is 0 Å². The molecule has 1 aliphatic carbocycles. The maximum absolute atomic E-state index is 5.98. The summed E-state index contributed by atoms with van der Waals surface area (Å²) in [5.74, 6) is 1.44. The van der Waals surface area contributed by atoms with E-state index in [-0.39, 0.29) is 6.10 Å². The molecule has 2 N–H and O–H groups in total. The van der Waals surface area contributed by atoms with Crippen molar-refractivity contribution in [3.05, 3.63) is 35.9 Å². The third kappa shape index (κ3) is 4.73. The van der Waals surface area contributed by atoms with Crippen molar-refractivity contribution in [2.75, 3.05) is 19.7 Å². The predicted octanol–water partition coefficient (Wildman–Crippen LogP) is 3.65. The van der Waals surface area contributed by atoms with Crippen LogP contribution >= 0.6 is 0 Å². The molecule has 1 aromatic carbocycles.